The van der Waals surface area contributed by atoms with Crippen molar-refractivity contribution in [2.75, 3.05) is 52.4 Å². The van der Waals surface area contributed by atoms with Crippen LogP contribution in [-0.4, -0.2) is 96.4 Å². The van der Waals surface area contributed by atoms with Crippen molar-refractivity contribution < 1.29 is 26.7 Å². The zero-order valence-corrected chi connectivity index (χ0v) is 30.3. The molecule has 1 amide bonds. The number of likely N-dealkylation sites (tertiary alicyclic amines) is 1. The third-order valence-corrected chi connectivity index (χ3v) is 11.8. The SMILES string of the molecule is N#Cc1ccc2c(c1)n(C(C(=O)N1CC[C@H](CN3CCN(Cc4ccccc4)CC3)C1)c1ccccc1)c(=O)n2S(=O)(=O)c1ccc(OCC(F)F)cc1. The molecule has 0 spiro atoms. The summed E-state index contributed by atoms with van der Waals surface area (Å²) in [5, 5.41) is 9.78. The van der Waals surface area contributed by atoms with Crippen molar-refractivity contribution in [2.45, 2.75) is 30.3 Å². The fourth-order valence-corrected chi connectivity index (χ4v) is 8.84. The Hall–Kier alpha value is -5.36. The Balaban J connectivity index is 1.16. The summed E-state index contributed by atoms with van der Waals surface area (Å²) < 4.78 is 60.5. The van der Waals surface area contributed by atoms with Crippen LogP contribution in [0.4, 0.5) is 8.78 Å². The minimum atomic E-state index is -4.59. The first-order chi connectivity index (χ1) is 26.1. The number of carbonyl (C=O) groups excluding carboxylic acids is 1. The summed E-state index contributed by atoms with van der Waals surface area (Å²) in [5.74, 6) is -0.0909. The molecule has 4 aromatic carbocycles. The number of nitriles is 1. The molecule has 0 aliphatic carbocycles. The summed E-state index contributed by atoms with van der Waals surface area (Å²) in [4.78, 5) is 35.6. The molecule has 2 saturated heterocycles. The largest absolute Gasteiger partial charge is 0.488 e. The third kappa shape index (κ3) is 7.79. The van der Waals surface area contributed by atoms with Crippen LogP contribution in [0.15, 0.2) is 113 Å². The Morgan fingerprint density at radius 3 is 2.19 bits per heavy atom. The zero-order valence-electron chi connectivity index (χ0n) is 29.5. The van der Waals surface area contributed by atoms with E-state index in [4.69, 9.17) is 4.74 Å². The molecule has 54 heavy (non-hydrogen) atoms. The minimum Gasteiger partial charge on any atom is -0.488 e. The maximum atomic E-state index is 14.7. The van der Waals surface area contributed by atoms with Crippen LogP contribution in [-0.2, 0) is 21.4 Å². The minimum absolute atomic E-state index is 0.0172. The molecule has 280 valence electrons. The number of imidazole rings is 1. The molecular formula is C40H40F2N6O5S. The van der Waals surface area contributed by atoms with Crippen LogP contribution in [0.2, 0.25) is 0 Å². The normalized spacial score (nSPS) is 17.5. The molecule has 0 radical (unpaired) electrons. The molecule has 7 rings (SSSR count). The van der Waals surface area contributed by atoms with Crippen LogP contribution < -0.4 is 10.4 Å². The lowest BCUT2D eigenvalue weighted by atomic mass is 10.0. The predicted octanol–water partition coefficient (Wildman–Crippen LogP) is 4.81. The molecule has 0 saturated carbocycles. The summed E-state index contributed by atoms with van der Waals surface area (Å²) in [6.45, 7) is 5.64. The summed E-state index contributed by atoms with van der Waals surface area (Å²) >= 11 is 0. The van der Waals surface area contributed by atoms with Gasteiger partial charge in [-0.05, 0) is 65.9 Å². The van der Waals surface area contributed by atoms with Crippen LogP contribution >= 0.6 is 0 Å². The first-order valence-electron chi connectivity index (χ1n) is 17.9. The third-order valence-electron chi connectivity index (χ3n) is 10.1. The summed E-state index contributed by atoms with van der Waals surface area (Å²) in [7, 11) is -4.59. The van der Waals surface area contributed by atoms with Gasteiger partial charge in [0.1, 0.15) is 18.4 Å². The summed E-state index contributed by atoms with van der Waals surface area (Å²) in [5.41, 5.74) is 1.06. The van der Waals surface area contributed by atoms with Crippen LogP contribution in [0.5, 0.6) is 5.75 Å². The number of ether oxygens (including phenoxy) is 1. The van der Waals surface area contributed by atoms with Crippen molar-refractivity contribution in [3.8, 4) is 11.8 Å². The number of fused-ring (bicyclic) bond motifs is 1. The second kappa shape index (κ2) is 15.9. The second-order valence-electron chi connectivity index (χ2n) is 13.7. The van der Waals surface area contributed by atoms with Gasteiger partial charge in [-0.3, -0.25) is 14.3 Å². The van der Waals surface area contributed by atoms with Crippen LogP contribution in [0.3, 0.4) is 0 Å². The van der Waals surface area contributed by atoms with E-state index in [0.717, 1.165) is 45.7 Å². The van der Waals surface area contributed by atoms with Crippen LogP contribution in [0.25, 0.3) is 11.0 Å². The van der Waals surface area contributed by atoms with Gasteiger partial charge in [0.05, 0.1) is 27.6 Å². The van der Waals surface area contributed by atoms with Gasteiger partial charge in [-0.2, -0.15) is 9.23 Å². The molecule has 2 aliphatic rings. The van der Waals surface area contributed by atoms with Gasteiger partial charge < -0.3 is 14.5 Å². The van der Waals surface area contributed by atoms with Crippen LogP contribution in [0, 0.1) is 17.2 Å². The van der Waals surface area contributed by atoms with Gasteiger partial charge in [-0.15, -0.1) is 0 Å². The molecule has 3 heterocycles. The zero-order chi connectivity index (χ0) is 37.8. The monoisotopic (exact) mass is 754 g/mol. The fraction of sp³-hybridized carbons (Fsp3) is 0.325. The lowest BCUT2D eigenvalue weighted by Crippen LogP contribution is -2.47. The van der Waals surface area contributed by atoms with E-state index in [2.05, 4.69) is 34.1 Å². The van der Waals surface area contributed by atoms with Crippen molar-refractivity contribution in [2.24, 2.45) is 5.92 Å². The van der Waals surface area contributed by atoms with Crippen molar-refractivity contribution in [1.29, 1.82) is 5.26 Å². The van der Waals surface area contributed by atoms with E-state index in [-0.39, 0.29) is 39.1 Å². The number of halogens is 2. The number of hydrogen-bond acceptors (Lipinski definition) is 8. The Morgan fingerprint density at radius 1 is 0.852 bits per heavy atom. The first kappa shape index (κ1) is 37.0. The highest BCUT2D eigenvalue weighted by atomic mass is 32.2. The smallest absolute Gasteiger partial charge is 0.344 e. The second-order valence-corrected chi connectivity index (χ2v) is 15.5. The number of benzene rings is 4. The molecule has 1 aromatic heterocycles. The number of aromatic nitrogens is 2. The van der Waals surface area contributed by atoms with Gasteiger partial charge >= 0.3 is 5.69 Å². The fourth-order valence-electron chi connectivity index (χ4n) is 7.44. The Morgan fingerprint density at radius 2 is 1.52 bits per heavy atom. The molecular weight excluding hydrogens is 715 g/mol. The van der Waals surface area contributed by atoms with E-state index >= 15 is 0 Å². The van der Waals surface area contributed by atoms with E-state index in [9.17, 15) is 32.0 Å². The number of hydrogen-bond donors (Lipinski definition) is 0. The van der Waals surface area contributed by atoms with Gasteiger partial charge in [0, 0.05) is 52.4 Å². The number of piperazine rings is 1. The Labute approximate surface area is 312 Å². The Kier molecular flexibility index (Phi) is 10.9. The lowest BCUT2D eigenvalue weighted by molar-refractivity contribution is -0.132. The van der Waals surface area contributed by atoms with Crippen molar-refractivity contribution in [3.63, 3.8) is 0 Å². The maximum absolute atomic E-state index is 14.7. The van der Waals surface area contributed by atoms with E-state index < -0.39 is 34.8 Å². The average Bonchev–Trinajstić information content (AvgIpc) is 3.77. The predicted molar refractivity (Wildman–Crippen MR) is 199 cm³/mol. The molecule has 0 N–H and O–H groups in total. The number of amides is 1. The summed E-state index contributed by atoms with van der Waals surface area (Å²) in [6.07, 6.45) is -1.92. The number of nitrogens with zero attached hydrogens (tertiary/aromatic N) is 6. The highest BCUT2D eigenvalue weighted by Crippen LogP contribution is 2.30. The van der Waals surface area contributed by atoms with E-state index in [1.54, 1.807) is 35.2 Å². The molecule has 5 aromatic rings. The average molecular weight is 755 g/mol. The van der Waals surface area contributed by atoms with Crippen molar-refractivity contribution >= 4 is 27.0 Å². The van der Waals surface area contributed by atoms with E-state index in [1.807, 2.05) is 12.1 Å². The highest BCUT2D eigenvalue weighted by Gasteiger charge is 2.37. The highest BCUT2D eigenvalue weighted by molar-refractivity contribution is 7.90. The van der Waals surface area contributed by atoms with E-state index in [1.165, 1.54) is 52.6 Å². The summed E-state index contributed by atoms with van der Waals surface area (Å²) in [6, 6.07) is 29.0. The molecule has 11 nitrogen and oxygen atoms in total. The first-order valence-corrected chi connectivity index (χ1v) is 19.3. The van der Waals surface area contributed by atoms with Gasteiger partial charge in [0.25, 0.3) is 16.4 Å². The molecule has 2 aliphatic heterocycles. The number of alkyl halides is 2. The molecule has 1 unspecified atom stereocenters. The maximum Gasteiger partial charge on any atom is 0.344 e. The van der Waals surface area contributed by atoms with Gasteiger partial charge in [0.2, 0.25) is 5.91 Å². The van der Waals surface area contributed by atoms with Crippen molar-refractivity contribution in [1.82, 2.24) is 23.2 Å². The number of carbonyl (C=O) groups is 1. The quantitative estimate of drug-likeness (QED) is 0.178. The van der Waals surface area contributed by atoms with Gasteiger partial charge in [-0.1, -0.05) is 60.7 Å². The van der Waals surface area contributed by atoms with Crippen molar-refractivity contribution in [3.05, 3.63) is 130 Å². The number of rotatable bonds is 12. The molecule has 2 fully saturated rings. The van der Waals surface area contributed by atoms with Gasteiger partial charge in [0.15, 0.2) is 0 Å². The Bertz CT molecular complexity index is 2300. The van der Waals surface area contributed by atoms with E-state index in [0.29, 0.717) is 22.6 Å². The molecule has 2 atom stereocenters. The van der Waals surface area contributed by atoms with Crippen LogP contribution in [0.1, 0.15) is 29.2 Å². The molecule has 0 bridgehead atoms. The standard InChI is InChI=1S/C40H40F2N6O5S/c41-37(42)28-53-33-12-14-34(15-13-33)54(51,52)48-35-16-11-30(24-43)23-36(35)47(40(48)50)38(32-9-5-2-6-10-32)39(49)46-18-17-31(27-46)26-45-21-19-44(20-22-45)25-29-7-3-1-4-8-29/h1-16,23,31,37-38H,17-22,25-28H2/t31-,38?/m1/s1. The lowest BCUT2D eigenvalue weighted by Gasteiger charge is -2.36. The molecule has 14 heteroatoms. The van der Waals surface area contributed by atoms with Gasteiger partial charge in [-0.25, -0.2) is 22.0 Å². The topological polar surface area (TPSA) is 121 Å².